The molecule has 0 saturated carbocycles. The third kappa shape index (κ3) is 4.97. The Kier molecular flexibility index (Phi) is 7.19. The second kappa shape index (κ2) is 11.9. The second-order valence-corrected chi connectivity index (χ2v) is 20.3. The standard InChI is InChI=1S/C47H37NO3SSi/c1-47(2)33-15-5-6-19-37(33)49-45-34(47)16-12-17-35(45)48(36-18-13-25-43-46(36)51-39-21-8-10-24-42(39)53(43,3)4)31-28-26-30(27-29-31)32-14-11-23-41-44(32)50-38-20-7-9-22-40(38)52-41/h5-29H,1-4H3. The molecule has 7 aromatic carbocycles. The van der Waals surface area contributed by atoms with Crippen LogP contribution in [-0.2, 0) is 5.41 Å². The summed E-state index contributed by atoms with van der Waals surface area (Å²) in [6.07, 6.45) is 0. The summed E-state index contributed by atoms with van der Waals surface area (Å²) in [5.74, 6) is 5.36. The molecule has 258 valence electrons. The Morgan fingerprint density at radius 3 is 1.91 bits per heavy atom. The number of para-hydroxylation sites is 6. The van der Waals surface area contributed by atoms with E-state index in [4.69, 9.17) is 14.2 Å². The van der Waals surface area contributed by atoms with Gasteiger partial charge in [-0.2, -0.15) is 0 Å². The molecule has 53 heavy (non-hydrogen) atoms. The van der Waals surface area contributed by atoms with E-state index in [-0.39, 0.29) is 5.41 Å². The summed E-state index contributed by atoms with van der Waals surface area (Å²) >= 11 is 1.75. The van der Waals surface area contributed by atoms with Crippen molar-refractivity contribution in [3.05, 3.63) is 163 Å². The highest BCUT2D eigenvalue weighted by atomic mass is 32.2. The molecule has 0 spiro atoms. The summed E-state index contributed by atoms with van der Waals surface area (Å²) in [5.41, 5.74) is 7.15. The van der Waals surface area contributed by atoms with Crippen molar-refractivity contribution in [3.63, 3.8) is 0 Å². The van der Waals surface area contributed by atoms with Gasteiger partial charge in [-0.25, -0.2) is 0 Å². The minimum absolute atomic E-state index is 0.265. The SMILES string of the molecule is CC1(C)c2ccccc2Oc2c(N(c3ccc(-c4cccc5c4Oc4ccccc4S5)cc3)c3cccc4c3Oc3ccccc3[Si]4(C)C)cccc21. The summed E-state index contributed by atoms with van der Waals surface area (Å²) in [6, 6.07) is 53.5. The van der Waals surface area contributed by atoms with Crippen LogP contribution in [0.2, 0.25) is 13.1 Å². The number of benzene rings is 7. The molecule has 0 atom stereocenters. The van der Waals surface area contributed by atoms with Gasteiger partial charge in [-0.3, -0.25) is 0 Å². The normalized spacial score (nSPS) is 15.1. The zero-order valence-electron chi connectivity index (χ0n) is 30.0. The molecule has 0 unspecified atom stereocenters. The second-order valence-electron chi connectivity index (χ2n) is 14.9. The molecule has 3 heterocycles. The highest BCUT2D eigenvalue weighted by Crippen LogP contribution is 2.55. The van der Waals surface area contributed by atoms with E-state index < -0.39 is 8.07 Å². The smallest absolute Gasteiger partial charge is 0.155 e. The van der Waals surface area contributed by atoms with E-state index in [1.165, 1.54) is 15.9 Å². The topological polar surface area (TPSA) is 30.9 Å². The molecule has 7 aromatic rings. The largest absolute Gasteiger partial charge is 0.455 e. The van der Waals surface area contributed by atoms with E-state index in [0.717, 1.165) is 78.0 Å². The fraction of sp³-hybridized carbons (Fsp3) is 0.106. The number of fused-ring (bicyclic) bond motifs is 6. The average molecular weight is 724 g/mol. The highest BCUT2D eigenvalue weighted by molar-refractivity contribution is 7.99. The number of hydrogen-bond acceptors (Lipinski definition) is 5. The maximum absolute atomic E-state index is 6.93. The molecule has 0 fully saturated rings. The number of hydrogen-bond donors (Lipinski definition) is 0. The van der Waals surface area contributed by atoms with E-state index in [0.29, 0.717) is 0 Å². The van der Waals surface area contributed by atoms with Gasteiger partial charge in [0.25, 0.3) is 0 Å². The lowest BCUT2D eigenvalue weighted by atomic mass is 9.75. The minimum atomic E-state index is -2.10. The summed E-state index contributed by atoms with van der Waals surface area (Å²) in [4.78, 5) is 4.57. The molecule has 0 radical (unpaired) electrons. The number of ether oxygens (including phenoxy) is 3. The third-order valence-electron chi connectivity index (χ3n) is 11.1. The Labute approximate surface area is 315 Å². The van der Waals surface area contributed by atoms with Crippen LogP contribution >= 0.6 is 11.8 Å². The molecule has 3 aliphatic rings. The monoisotopic (exact) mass is 723 g/mol. The van der Waals surface area contributed by atoms with Crippen LogP contribution in [0.25, 0.3) is 11.1 Å². The zero-order valence-corrected chi connectivity index (χ0v) is 31.8. The van der Waals surface area contributed by atoms with Gasteiger partial charge in [0.15, 0.2) is 11.5 Å². The summed E-state index contributed by atoms with van der Waals surface area (Å²) in [7, 11) is -2.10. The van der Waals surface area contributed by atoms with Gasteiger partial charge < -0.3 is 19.1 Å². The van der Waals surface area contributed by atoms with Gasteiger partial charge in [0.1, 0.15) is 31.1 Å². The van der Waals surface area contributed by atoms with Crippen molar-refractivity contribution in [2.75, 3.05) is 4.90 Å². The lowest BCUT2D eigenvalue weighted by Gasteiger charge is -2.39. The predicted molar refractivity (Wildman–Crippen MR) is 219 cm³/mol. The van der Waals surface area contributed by atoms with E-state index in [1.54, 1.807) is 11.8 Å². The van der Waals surface area contributed by atoms with Gasteiger partial charge in [0.2, 0.25) is 0 Å². The van der Waals surface area contributed by atoms with E-state index in [2.05, 4.69) is 165 Å². The predicted octanol–water partition coefficient (Wildman–Crippen LogP) is 12.4. The van der Waals surface area contributed by atoms with Gasteiger partial charge in [0.05, 0.1) is 21.2 Å². The fourth-order valence-electron chi connectivity index (χ4n) is 8.23. The van der Waals surface area contributed by atoms with Crippen LogP contribution in [0.3, 0.4) is 0 Å². The average Bonchev–Trinajstić information content (AvgIpc) is 3.18. The molecule has 10 rings (SSSR count). The molecule has 0 aliphatic carbocycles. The van der Waals surface area contributed by atoms with E-state index in [9.17, 15) is 0 Å². The van der Waals surface area contributed by atoms with Gasteiger partial charge in [-0.05, 0) is 70.5 Å². The van der Waals surface area contributed by atoms with Gasteiger partial charge in [-0.15, -0.1) is 0 Å². The third-order valence-corrected chi connectivity index (χ3v) is 15.7. The maximum atomic E-state index is 6.93. The summed E-state index contributed by atoms with van der Waals surface area (Å²) in [6.45, 7) is 9.41. The summed E-state index contributed by atoms with van der Waals surface area (Å²) < 4.78 is 20.4. The Bertz CT molecular complexity index is 2490. The van der Waals surface area contributed by atoms with Crippen molar-refractivity contribution in [1.29, 1.82) is 0 Å². The molecule has 0 bridgehead atoms. The van der Waals surface area contributed by atoms with Crippen LogP contribution in [-0.4, -0.2) is 8.07 Å². The first-order valence-electron chi connectivity index (χ1n) is 18.1. The van der Waals surface area contributed by atoms with Crippen molar-refractivity contribution in [2.24, 2.45) is 0 Å². The zero-order chi connectivity index (χ0) is 35.9. The number of nitrogens with zero attached hydrogens (tertiary/aromatic N) is 1. The molecule has 4 nitrogen and oxygen atoms in total. The summed E-state index contributed by atoms with van der Waals surface area (Å²) in [5, 5.41) is 2.59. The van der Waals surface area contributed by atoms with Crippen molar-refractivity contribution in [2.45, 2.75) is 42.1 Å². The van der Waals surface area contributed by atoms with Gasteiger partial charge in [-0.1, -0.05) is 136 Å². The number of anilines is 3. The van der Waals surface area contributed by atoms with Crippen LogP contribution in [0.15, 0.2) is 161 Å². The van der Waals surface area contributed by atoms with Crippen LogP contribution in [0.4, 0.5) is 17.1 Å². The Morgan fingerprint density at radius 1 is 0.491 bits per heavy atom. The van der Waals surface area contributed by atoms with Gasteiger partial charge in [0, 0.05) is 27.8 Å². The van der Waals surface area contributed by atoms with Crippen LogP contribution < -0.4 is 29.5 Å². The Morgan fingerprint density at radius 2 is 1.08 bits per heavy atom. The molecular weight excluding hydrogens is 687 g/mol. The van der Waals surface area contributed by atoms with Crippen molar-refractivity contribution in [3.8, 4) is 45.6 Å². The van der Waals surface area contributed by atoms with Crippen molar-refractivity contribution < 1.29 is 14.2 Å². The minimum Gasteiger partial charge on any atom is -0.455 e. The quantitative estimate of drug-likeness (QED) is 0.169. The van der Waals surface area contributed by atoms with Crippen LogP contribution in [0, 0.1) is 0 Å². The highest BCUT2D eigenvalue weighted by Gasteiger charge is 2.40. The Balaban J connectivity index is 1.15. The maximum Gasteiger partial charge on any atom is 0.155 e. The van der Waals surface area contributed by atoms with E-state index in [1.807, 2.05) is 18.2 Å². The van der Waals surface area contributed by atoms with Crippen molar-refractivity contribution >= 4 is 47.3 Å². The first-order chi connectivity index (χ1) is 25.8. The van der Waals surface area contributed by atoms with E-state index >= 15 is 0 Å². The molecular formula is C47H37NO3SSi. The molecule has 3 aliphatic heterocycles. The first-order valence-corrected chi connectivity index (χ1v) is 21.9. The first kappa shape index (κ1) is 32.0. The molecule has 6 heteroatoms. The molecule has 0 aromatic heterocycles. The Hall–Kier alpha value is -5.69. The fourth-order valence-corrected chi connectivity index (χ4v) is 12.0. The van der Waals surface area contributed by atoms with Crippen LogP contribution in [0.5, 0.6) is 34.5 Å². The number of rotatable bonds is 4. The van der Waals surface area contributed by atoms with Crippen molar-refractivity contribution in [1.82, 2.24) is 0 Å². The lowest BCUT2D eigenvalue weighted by Crippen LogP contribution is -2.56. The lowest BCUT2D eigenvalue weighted by molar-refractivity contribution is 0.419. The van der Waals surface area contributed by atoms with Gasteiger partial charge >= 0.3 is 0 Å². The molecule has 0 saturated heterocycles. The molecule has 0 N–H and O–H groups in total. The molecule has 0 amide bonds. The van der Waals surface area contributed by atoms with Crippen LogP contribution in [0.1, 0.15) is 25.0 Å².